The Morgan fingerprint density at radius 2 is 1.49 bits per heavy atom. The van der Waals surface area contributed by atoms with Gasteiger partial charge < -0.3 is 0 Å². The SMILES string of the molecule is Cc1c2c(c(C(C)(C)C)c3ccccc13)Sc1cc3c([Si](C)(C)C)cccc3c3cc[n+](C)c-2c13. The van der Waals surface area contributed by atoms with E-state index in [9.17, 15) is 0 Å². The summed E-state index contributed by atoms with van der Waals surface area (Å²) in [6.07, 6.45) is 2.27. The Balaban J connectivity index is 1.85. The van der Waals surface area contributed by atoms with Gasteiger partial charge in [0, 0.05) is 21.2 Å². The summed E-state index contributed by atoms with van der Waals surface area (Å²) in [4.78, 5) is 2.84. The quantitative estimate of drug-likeness (QED) is 0.127. The van der Waals surface area contributed by atoms with Crippen LogP contribution in [-0.2, 0) is 12.5 Å². The molecule has 0 unspecified atom stereocenters. The third-order valence-corrected chi connectivity index (χ3v) is 10.9. The van der Waals surface area contributed by atoms with Gasteiger partial charge in [0.1, 0.15) is 7.05 Å². The summed E-state index contributed by atoms with van der Waals surface area (Å²) in [5.41, 5.74) is 5.68. The number of rotatable bonds is 1. The molecule has 0 radical (unpaired) electrons. The third-order valence-electron chi connectivity index (χ3n) is 7.68. The Bertz CT molecular complexity index is 1700. The molecule has 1 aromatic heterocycles. The molecule has 6 rings (SSSR count). The minimum absolute atomic E-state index is 0.0364. The molecule has 0 saturated heterocycles. The molecule has 3 heteroatoms. The molecule has 0 saturated carbocycles. The van der Waals surface area contributed by atoms with E-state index in [1.54, 1.807) is 5.19 Å². The fourth-order valence-corrected chi connectivity index (χ4v) is 9.33. The first-order valence-corrected chi connectivity index (χ1v) is 16.9. The largest absolute Gasteiger partial charge is 0.222 e. The zero-order valence-electron chi connectivity index (χ0n) is 22.1. The van der Waals surface area contributed by atoms with Gasteiger partial charge in [-0.05, 0) is 51.1 Å². The van der Waals surface area contributed by atoms with Crippen LogP contribution in [0.15, 0.2) is 70.6 Å². The monoisotopic (exact) mass is 492 g/mol. The molecule has 176 valence electrons. The molecular formula is C32H34NSSi+. The van der Waals surface area contributed by atoms with Crippen molar-refractivity contribution in [1.82, 2.24) is 0 Å². The van der Waals surface area contributed by atoms with Crippen molar-refractivity contribution >= 4 is 57.3 Å². The standard InChI is InChI=1S/C32H34NSSi/c1-19-20-12-9-10-13-23(20)29(32(2,3)4)31-27(19)30-28-22(16-17-33(30)5)21-14-11-15-26(35(6,7)8)24(21)18-25(28)34-31/h9-18H,1-8H3/q+1. The van der Waals surface area contributed by atoms with Crippen LogP contribution in [0, 0.1) is 6.92 Å². The lowest BCUT2D eigenvalue weighted by atomic mass is 9.80. The van der Waals surface area contributed by atoms with Gasteiger partial charge in [-0.2, -0.15) is 0 Å². The maximum Gasteiger partial charge on any atom is 0.222 e. The van der Waals surface area contributed by atoms with Gasteiger partial charge >= 0.3 is 0 Å². The maximum atomic E-state index is 2.51. The van der Waals surface area contributed by atoms with Crippen molar-refractivity contribution in [1.29, 1.82) is 0 Å². The Morgan fingerprint density at radius 1 is 0.800 bits per heavy atom. The van der Waals surface area contributed by atoms with Crippen molar-refractivity contribution in [3.8, 4) is 11.3 Å². The van der Waals surface area contributed by atoms with Gasteiger partial charge in [0.15, 0.2) is 6.20 Å². The number of hydrogen-bond acceptors (Lipinski definition) is 1. The van der Waals surface area contributed by atoms with Crippen molar-refractivity contribution in [2.24, 2.45) is 7.05 Å². The van der Waals surface area contributed by atoms with E-state index in [4.69, 9.17) is 0 Å². The van der Waals surface area contributed by atoms with Gasteiger partial charge in [0.25, 0.3) is 0 Å². The molecule has 5 aromatic rings. The van der Waals surface area contributed by atoms with E-state index in [-0.39, 0.29) is 5.41 Å². The molecule has 0 atom stereocenters. The second-order valence-corrected chi connectivity index (χ2v) is 18.3. The molecule has 1 aliphatic rings. The maximum absolute atomic E-state index is 2.51. The first-order chi connectivity index (χ1) is 16.5. The number of nitrogens with zero attached hydrogens (tertiary/aromatic N) is 1. The summed E-state index contributed by atoms with van der Waals surface area (Å²) in [6, 6.07) is 20.8. The highest BCUT2D eigenvalue weighted by atomic mass is 32.2. The van der Waals surface area contributed by atoms with Crippen LogP contribution in [0.25, 0.3) is 43.6 Å². The first kappa shape index (κ1) is 22.8. The Morgan fingerprint density at radius 3 is 2.17 bits per heavy atom. The molecule has 0 spiro atoms. The van der Waals surface area contributed by atoms with Crippen LogP contribution in [0.1, 0.15) is 31.9 Å². The number of pyridine rings is 1. The van der Waals surface area contributed by atoms with E-state index in [2.05, 4.69) is 120 Å². The number of fused-ring (bicyclic) bond motifs is 5. The number of benzene rings is 4. The summed E-state index contributed by atoms with van der Waals surface area (Å²) in [6.45, 7) is 16.8. The van der Waals surface area contributed by atoms with Gasteiger partial charge in [-0.25, -0.2) is 4.57 Å². The predicted octanol–water partition coefficient (Wildman–Crippen LogP) is 8.25. The van der Waals surface area contributed by atoms with Crippen molar-refractivity contribution < 1.29 is 4.57 Å². The van der Waals surface area contributed by atoms with Gasteiger partial charge in [-0.15, -0.1) is 0 Å². The molecule has 35 heavy (non-hydrogen) atoms. The fourth-order valence-electron chi connectivity index (χ4n) is 6.14. The van der Waals surface area contributed by atoms with Crippen molar-refractivity contribution in [2.45, 2.75) is 62.5 Å². The minimum Gasteiger partial charge on any atom is -0.200 e. The van der Waals surface area contributed by atoms with Gasteiger partial charge in [-0.3, -0.25) is 0 Å². The van der Waals surface area contributed by atoms with Crippen LogP contribution in [0.3, 0.4) is 0 Å². The Kier molecular flexibility index (Phi) is 4.85. The van der Waals surface area contributed by atoms with E-state index in [0.717, 1.165) is 0 Å². The molecule has 0 bridgehead atoms. The first-order valence-electron chi connectivity index (χ1n) is 12.6. The molecule has 1 nitrogen and oxygen atoms in total. The summed E-state index contributed by atoms with van der Waals surface area (Å²) in [5.74, 6) is 0. The summed E-state index contributed by atoms with van der Waals surface area (Å²) in [5, 5.41) is 9.95. The van der Waals surface area contributed by atoms with Crippen LogP contribution >= 0.6 is 11.8 Å². The molecule has 2 heterocycles. The Labute approximate surface area is 214 Å². The van der Waals surface area contributed by atoms with E-state index in [0.29, 0.717) is 0 Å². The molecule has 0 N–H and O–H groups in total. The zero-order chi connectivity index (χ0) is 24.9. The highest BCUT2D eigenvalue weighted by molar-refractivity contribution is 8.00. The summed E-state index contributed by atoms with van der Waals surface area (Å²) >= 11 is 2.00. The number of hydrogen-bond donors (Lipinski definition) is 0. The van der Waals surface area contributed by atoms with Crippen molar-refractivity contribution in [3.05, 3.63) is 71.9 Å². The molecule has 4 aromatic carbocycles. The molecule has 0 aliphatic carbocycles. The normalized spacial score (nSPS) is 13.6. The van der Waals surface area contributed by atoms with Crippen LogP contribution < -0.4 is 9.75 Å². The molecule has 0 amide bonds. The Hall–Kier alpha value is -2.62. The predicted molar refractivity (Wildman–Crippen MR) is 156 cm³/mol. The van der Waals surface area contributed by atoms with Crippen LogP contribution in [-0.4, -0.2) is 8.07 Å². The lowest BCUT2D eigenvalue weighted by Crippen LogP contribution is -2.38. The fraction of sp³-hybridized carbons (Fsp3) is 0.281. The topological polar surface area (TPSA) is 3.88 Å². The average Bonchev–Trinajstić information content (AvgIpc) is 2.78. The lowest BCUT2D eigenvalue weighted by Gasteiger charge is -2.31. The average molecular weight is 493 g/mol. The molecular weight excluding hydrogens is 459 g/mol. The van der Waals surface area contributed by atoms with E-state index in [1.165, 1.54) is 64.5 Å². The lowest BCUT2D eigenvalue weighted by molar-refractivity contribution is -0.659. The van der Waals surface area contributed by atoms with Gasteiger partial charge in [0.2, 0.25) is 5.69 Å². The molecule has 1 aliphatic heterocycles. The van der Waals surface area contributed by atoms with Crippen LogP contribution in [0.5, 0.6) is 0 Å². The van der Waals surface area contributed by atoms with Crippen molar-refractivity contribution in [2.75, 3.05) is 0 Å². The number of aryl methyl sites for hydroxylation is 2. The van der Waals surface area contributed by atoms with Gasteiger partial charge in [0.05, 0.1) is 19.0 Å². The highest BCUT2D eigenvalue weighted by Gasteiger charge is 2.35. The van der Waals surface area contributed by atoms with E-state index in [1.807, 2.05) is 11.8 Å². The van der Waals surface area contributed by atoms with E-state index < -0.39 is 8.07 Å². The smallest absolute Gasteiger partial charge is 0.200 e. The van der Waals surface area contributed by atoms with E-state index >= 15 is 0 Å². The highest BCUT2D eigenvalue weighted by Crippen LogP contribution is 2.54. The third kappa shape index (κ3) is 3.24. The van der Waals surface area contributed by atoms with Gasteiger partial charge in [-0.1, -0.05) is 99.8 Å². The second-order valence-electron chi connectivity index (χ2n) is 12.2. The second kappa shape index (κ2) is 7.44. The summed E-state index contributed by atoms with van der Waals surface area (Å²) < 4.78 is 2.35. The number of aromatic nitrogens is 1. The van der Waals surface area contributed by atoms with Crippen molar-refractivity contribution in [3.63, 3.8) is 0 Å². The minimum atomic E-state index is -1.50. The van der Waals surface area contributed by atoms with Crippen LogP contribution in [0.2, 0.25) is 19.6 Å². The zero-order valence-corrected chi connectivity index (χ0v) is 23.9. The summed E-state index contributed by atoms with van der Waals surface area (Å²) in [7, 11) is 0.715. The molecule has 0 fully saturated rings. The van der Waals surface area contributed by atoms with Crippen LogP contribution in [0.4, 0.5) is 0 Å².